The number of nitrogens with two attached hydrogens (primary N) is 1. The first-order valence-corrected chi connectivity index (χ1v) is 8.75. The van der Waals surface area contributed by atoms with Crippen molar-refractivity contribution in [3.05, 3.63) is 29.8 Å². The molecule has 0 radical (unpaired) electrons. The van der Waals surface area contributed by atoms with E-state index < -0.39 is 9.84 Å². The number of hydrogen-bond acceptors (Lipinski definition) is 3. The van der Waals surface area contributed by atoms with Crippen LogP contribution in [0.2, 0.25) is 0 Å². The Morgan fingerprint density at radius 1 is 1.26 bits per heavy atom. The maximum Gasteiger partial charge on any atom is 0.153 e. The Balaban J connectivity index is 2.00. The molecule has 0 aliphatic heterocycles. The Labute approximate surface area is 116 Å². The summed E-state index contributed by atoms with van der Waals surface area (Å²) in [6.45, 7) is 2.15. The molecule has 1 aromatic carbocycles. The predicted octanol–water partition coefficient (Wildman–Crippen LogP) is 2.80. The van der Waals surface area contributed by atoms with Gasteiger partial charge in [-0.2, -0.15) is 0 Å². The fourth-order valence-corrected chi connectivity index (χ4v) is 4.87. The monoisotopic (exact) mass is 281 g/mol. The van der Waals surface area contributed by atoms with Crippen molar-refractivity contribution in [2.45, 2.75) is 44.3 Å². The number of hydrogen-bond donors (Lipinski definition) is 1. The SMILES string of the molecule is CC1CCCC(S(=O)(=O)CCc2ccccc2N)C1. The average molecular weight is 281 g/mol. The number of benzene rings is 1. The number of para-hydroxylation sites is 1. The molecular formula is C15H23NO2S. The van der Waals surface area contributed by atoms with E-state index in [0.717, 1.165) is 31.2 Å². The molecule has 0 heterocycles. The molecule has 0 aromatic heterocycles. The highest BCUT2D eigenvalue weighted by Crippen LogP contribution is 2.29. The molecule has 2 atom stereocenters. The minimum absolute atomic E-state index is 0.138. The van der Waals surface area contributed by atoms with Crippen molar-refractivity contribution in [3.63, 3.8) is 0 Å². The lowest BCUT2D eigenvalue weighted by molar-refractivity contribution is 0.382. The van der Waals surface area contributed by atoms with E-state index in [-0.39, 0.29) is 11.0 Å². The zero-order valence-electron chi connectivity index (χ0n) is 11.5. The molecule has 1 saturated carbocycles. The maximum absolute atomic E-state index is 12.4. The topological polar surface area (TPSA) is 60.2 Å². The van der Waals surface area contributed by atoms with E-state index in [9.17, 15) is 8.42 Å². The largest absolute Gasteiger partial charge is 0.399 e. The van der Waals surface area contributed by atoms with Gasteiger partial charge in [0.15, 0.2) is 9.84 Å². The van der Waals surface area contributed by atoms with Gasteiger partial charge in [-0.1, -0.05) is 38.0 Å². The Morgan fingerprint density at radius 3 is 2.68 bits per heavy atom. The highest BCUT2D eigenvalue weighted by Gasteiger charge is 2.29. The van der Waals surface area contributed by atoms with Crippen LogP contribution in [0.3, 0.4) is 0 Å². The van der Waals surface area contributed by atoms with Crippen LogP contribution in [0.5, 0.6) is 0 Å². The van der Waals surface area contributed by atoms with Crippen LogP contribution < -0.4 is 5.73 Å². The smallest absolute Gasteiger partial charge is 0.153 e. The number of sulfone groups is 1. The Hall–Kier alpha value is -1.03. The van der Waals surface area contributed by atoms with Gasteiger partial charge in [-0.25, -0.2) is 8.42 Å². The molecule has 4 heteroatoms. The summed E-state index contributed by atoms with van der Waals surface area (Å²) in [6, 6.07) is 7.51. The van der Waals surface area contributed by atoms with Crippen LogP contribution in [-0.4, -0.2) is 19.4 Å². The first-order chi connectivity index (χ1) is 8.99. The fourth-order valence-electron chi connectivity index (χ4n) is 2.89. The molecule has 0 amide bonds. The van der Waals surface area contributed by atoms with E-state index in [4.69, 9.17) is 5.73 Å². The van der Waals surface area contributed by atoms with Crippen LogP contribution >= 0.6 is 0 Å². The van der Waals surface area contributed by atoms with E-state index in [2.05, 4.69) is 6.92 Å². The molecule has 19 heavy (non-hydrogen) atoms. The van der Waals surface area contributed by atoms with Crippen LogP contribution in [-0.2, 0) is 16.3 Å². The molecule has 2 N–H and O–H groups in total. The highest BCUT2D eigenvalue weighted by molar-refractivity contribution is 7.92. The molecule has 0 bridgehead atoms. The Morgan fingerprint density at radius 2 is 2.00 bits per heavy atom. The van der Waals surface area contributed by atoms with Gasteiger partial charge in [0.05, 0.1) is 11.0 Å². The van der Waals surface area contributed by atoms with Crippen molar-refractivity contribution in [3.8, 4) is 0 Å². The number of anilines is 1. The number of rotatable bonds is 4. The predicted molar refractivity (Wildman–Crippen MR) is 79.8 cm³/mol. The Bertz CT molecular complexity index is 525. The van der Waals surface area contributed by atoms with Gasteiger partial charge in [0.25, 0.3) is 0 Å². The summed E-state index contributed by atoms with van der Waals surface area (Å²) in [7, 11) is -2.99. The van der Waals surface area contributed by atoms with Crippen LogP contribution in [0.15, 0.2) is 24.3 Å². The zero-order chi connectivity index (χ0) is 13.9. The number of aryl methyl sites for hydroxylation is 1. The fraction of sp³-hybridized carbons (Fsp3) is 0.600. The first-order valence-electron chi connectivity index (χ1n) is 7.04. The lowest BCUT2D eigenvalue weighted by atomic mass is 9.91. The van der Waals surface area contributed by atoms with Gasteiger partial charge in [0.1, 0.15) is 0 Å². The van der Waals surface area contributed by atoms with Gasteiger partial charge in [-0.05, 0) is 36.8 Å². The summed E-state index contributed by atoms with van der Waals surface area (Å²) in [5.41, 5.74) is 7.48. The van der Waals surface area contributed by atoms with Gasteiger partial charge < -0.3 is 5.73 Å². The molecule has 1 aliphatic rings. The summed E-state index contributed by atoms with van der Waals surface area (Å²) >= 11 is 0. The van der Waals surface area contributed by atoms with Crippen molar-refractivity contribution in [2.75, 3.05) is 11.5 Å². The van der Waals surface area contributed by atoms with E-state index in [0.29, 0.717) is 18.0 Å². The zero-order valence-corrected chi connectivity index (χ0v) is 12.3. The van der Waals surface area contributed by atoms with Crippen molar-refractivity contribution < 1.29 is 8.42 Å². The third-order valence-electron chi connectivity index (χ3n) is 4.11. The van der Waals surface area contributed by atoms with Crippen molar-refractivity contribution >= 4 is 15.5 Å². The second-order valence-electron chi connectivity index (χ2n) is 5.71. The summed E-state index contributed by atoms with van der Waals surface area (Å²) < 4.78 is 24.7. The van der Waals surface area contributed by atoms with E-state index in [1.807, 2.05) is 24.3 Å². The summed E-state index contributed by atoms with van der Waals surface area (Å²) in [5.74, 6) is 0.758. The van der Waals surface area contributed by atoms with Crippen LogP contribution in [0.25, 0.3) is 0 Å². The molecule has 0 saturated heterocycles. The third kappa shape index (κ3) is 3.72. The maximum atomic E-state index is 12.4. The molecular weight excluding hydrogens is 258 g/mol. The first kappa shape index (κ1) is 14.4. The van der Waals surface area contributed by atoms with Crippen LogP contribution in [0, 0.1) is 5.92 Å². The van der Waals surface area contributed by atoms with Crippen molar-refractivity contribution in [2.24, 2.45) is 5.92 Å². The normalized spacial score (nSPS) is 24.3. The summed E-state index contributed by atoms with van der Waals surface area (Å²) in [6.07, 6.45) is 4.39. The minimum Gasteiger partial charge on any atom is -0.399 e. The highest BCUT2D eigenvalue weighted by atomic mass is 32.2. The number of nitrogen functional groups attached to an aromatic ring is 1. The molecule has 106 valence electrons. The van der Waals surface area contributed by atoms with Crippen molar-refractivity contribution in [1.82, 2.24) is 0 Å². The van der Waals surface area contributed by atoms with E-state index >= 15 is 0 Å². The molecule has 1 aliphatic carbocycles. The molecule has 2 unspecified atom stereocenters. The molecule has 0 spiro atoms. The van der Waals surface area contributed by atoms with Gasteiger partial charge in [0.2, 0.25) is 0 Å². The summed E-state index contributed by atoms with van der Waals surface area (Å²) in [4.78, 5) is 0. The van der Waals surface area contributed by atoms with Crippen LogP contribution in [0.1, 0.15) is 38.2 Å². The van der Waals surface area contributed by atoms with Gasteiger partial charge >= 0.3 is 0 Å². The standard InChI is InChI=1S/C15H23NO2S/c1-12-5-4-7-14(11-12)19(17,18)10-9-13-6-2-3-8-15(13)16/h2-3,6,8,12,14H,4-5,7,9-11,16H2,1H3. The van der Waals surface area contributed by atoms with Crippen molar-refractivity contribution in [1.29, 1.82) is 0 Å². The second kappa shape index (κ2) is 5.95. The summed E-state index contributed by atoms with van der Waals surface area (Å²) in [5, 5.41) is -0.138. The van der Waals surface area contributed by atoms with E-state index in [1.54, 1.807) is 0 Å². The molecule has 1 aromatic rings. The minimum atomic E-state index is -2.99. The second-order valence-corrected chi connectivity index (χ2v) is 8.11. The lowest BCUT2D eigenvalue weighted by Gasteiger charge is -2.26. The third-order valence-corrected chi connectivity index (χ3v) is 6.32. The van der Waals surface area contributed by atoms with Gasteiger partial charge in [-0.3, -0.25) is 0 Å². The average Bonchev–Trinajstić information content (AvgIpc) is 2.38. The molecule has 3 nitrogen and oxygen atoms in total. The quantitative estimate of drug-likeness (QED) is 0.863. The van der Waals surface area contributed by atoms with Crippen LogP contribution in [0.4, 0.5) is 5.69 Å². The van der Waals surface area contributed by atoms with E-state index in [1.165, 1.54) is 0 Å². The Kier molecular flexibility index (Phi) is 4.50. The van der Waals surface area contributed by atoms with Gasteiger partial charge in [-0.15, -0.1) is 0 Å². The lowest BCUT2D eigenvalue weighted by Crippen LogP contribution is -2.30. The molecule has 1 fully saturated rings. The van der Waals surface area contributed by atoms with Gasteiger partial charge in [0, 0.05) is 5.69 Å². The molecule has 2 rings (SSSR count).